The number of hydrogen-bond donors (Lipinski definition) is 1. The number of halogens is 1. The molecule has 0 fully saturated rings. The molecule has 0 aliphatic rings. The number of rotatable bonds is 2. The molecule has 0 unspecified atom stereocenters. The number of aromatic nitrogens is 1. The van der Waals surface area contributed by atoms with Gasteiger partial charge in [0.1, 0.15) is 0 Å². The fourth-order valence-electron chi connectivity index (χ4n) is 1.99. The molecule has 3 aromatic rings. The number of fused-ring (bicyclic) bond motifs is 1. The average molecular weight is 269 g/mol. The first-order valence-corrected chi connectivity index (χ1v) is 6.49. The van der Waals surface area contributed by atoms with E-state index in [2.05, 4.69) is 16.9 Å². The molecule has 1 N–H and O–H groups in total. The summed E-state index contributed by atoms with van der Waals surface area (Å²) < 4.78 is 0. The van der Waals surface area contributed by atoms with E-state index in [4.69, 9.17) is 11.6 Å². The van der Waals surface area contributed by atoms with Crippen LogP contribution in [0.1, 0.15) is 11.3 Å². The minimum Gasteiger partial charge on any atom is -0.352 e. The minimum atomic E-state index is 0.714. The normalized spacial score (nSPS) is 11.5. The van der Waals surface area contributed by atoms with E-state index in [-0.39, 0.29) is 0 Å². The Balaban J connectivity index is 1.97. The molecule has 1 aromatic heterocycles. The summed E-state index contributed by atoms with van der Waals surface area (Å²) >= 11 is 6.33. The van der Waals surface area contributed by atoms with E-state index in [0.717, 1.165) is 22.3 Å². The Bertz CT molecular complexity index is 739. The summed E-state index contributed by atoms with van der Waals surface area (Å²) in [5.74, 6) is 0. The van der Waals surface area contributed by atoms with Crippen LogP contribution in [0.15, 0.2) is 53.5 Å². The molecule has 0 aliphatic heterocycles. The van der Waals surface area contributed by atoms with Crippen LogP contribution in [0.3, 0.4) is 0 Å². The van der Waals surface area contributed by atoms with Crippen molar-refractivity contribution in [3.63, 3.8) is 0 Å². The highest BCUT2D eigenvalue weighted by Gasteiger charge is 2.06. The van der Waals surface area contributed by atoms with Gasteiger partial charge < -0.3 is 4.98 Å². The molecule has 0 aliphatic carbocycles. The molecule has 0 saturated carbocycles. The van der Waals surface area contributed by atoms with E-state index in [1.807, 2.05) is 48.5 Å². The molecule has 2 nitrogen and oxygen atoms in total. The standard InChI is InChI=1S/C16H13ClN2/c1-11-6-8-12(9-7-11)18-10-15-16(17)13-4-2-3-5-14(13)19-15/h2-10,19H,1H3. The predicted molar refractivity (Wildman–Crippen MR) is 81.7 cm³/mol. The maximum atomic E-state index is 6.33. The van der Waals surface area contributed by atoms with Crippen molar-refractivity contribution in [2.24, 2.45) is 4.99 Å². The molecular weight excluding hydrogens is 256 g/mol. The van der Waals surface area contributed by atoms with Crippen LogP contribution in [-0.4, -0.2) is 11.2 Å². The number of para-hydroxylation sites is 1. The van der Waals surface area contributed by atoms with Crippen LogP contribution in [0.25, 0.3) is 10.9 Å². The molecule has 2 aromatic carbocycles. The van der Waals surface area contributed by atoms with Crippen molar-refractivity contribution < 1.29 is 0 Å². The number of nitrogens with zero attached hydrogens (tertiary/aromatic N) is 1. The maximum absolute atomic E-state index is 6.33. The second-order valence-corrected chi connectivity index (χ2v) is 4.87. The van der Waals surface area contributed by atoms with Gasteiger partial charge in [0, 0.05) is 10.9 Å². The average Bonchev–Trinajstić information content (AvgIpc) is 2.76. The topological polar surface area (TPSA) is 28.1 Å². The third-order valence-corrected chi connectivity index (χ3v) is 3.45. The van der Waals surface area contributed by atoms with Gasteiger partial charge in [0.05, 0.1) is 22.6 Å². The number of aliphatic imine (C=N–C) groups is 1. The lowest BCUT2D eigenvalue weighted by Crippen LogP contribution is -1.80. The Kier molecular flexibility index (Phi) is 3.10. The summed E-state index contributed by atoms with van der Waals surface area (Å²) in [7, 11) is 0. The van der Waals surface area contributed by atoms with Crippen molar-refractivity contribution >= 4 is 34.4 Å². The van der Waals surface area contributed by atoms with Gasteiger partial charge in [0.2, 0.25) is 0 Å². The van der Waals surface area contributed by atoms with E-state index < -0.39 is 0 Å². The molecule has 3 heteroatoms. The van der Waals surface area contributed by atoms with Gasteiger partial charge in [-0.3, -0.25) is 4.99 Å². The van der Waals surface area contributed by atoms with E-state index in [1.54, 1.807) is 6.21 Å². The van der Waals surface area contributed by atoms with Crippen LogP contribution < -0.4 is 0 Å². The summed E-state index contributed by atoms with van der Waals surface area (Å²) in [4.78, 5) is 7.70. The Labute approximate surface area is 116 Å². The molecule has 94 valence electrons. The second kappa shape index (κ2) is 4.90. The summed E-state index contributed by atoms with van der Waals surface area (Å²) in [5, 5.41) is 1.74. The van der Waals surface area contributed by atoms with Crippen molar-refractivity contribution in [1.29, 1.82) is 0 Å². The summed E-state index contributed by atoms with van der Waals surface area (Å²) in [6.07, 6.45) is 1.77. The lowest BCUT2D eigenvalue weighted by Gasteiger charge is -1.94. The van der Waals surface area contributed by atoms with Gasteiger partial charge in [-0.05, 0) is 25.1 Å². The molecule has 0 amide bonds. The third-order valence-electron chi connectivity index (χ3n) is 3.05. The van der Waals surface area contributed by atoms with Crippen LogP contribution in [0.2, 0.25) is 5.02 Å². The quantitative estimate of drug-likeness (QED) is 0.642. The van der Waals surface area contributed by atoms with Gasteiger partial charge in [-0.1, -0.05) is 47.5 Å². The molecule has 19 heavy (non-hydrogen) atoms. The predicted octanol–water partition coefficient (Wildman–Crippen LogP) is 4.88. The molecule has 0 spiro atoms. The van der Waals surface area contributed by atoms with Crippen molar-refractivity contribution in [2.75, 3.05) is 0 Å². The fourth-order valence-corrected chi connectivity index (χ4v) is 2.25. The van der Waals surface area contributed by atoms with Crippen molar-refractivity contribution in [2.45, 2.75) is 6.92 Å². The van der Waals surface area contributed by atoms with Gasteiger partial charge in [0.25, 0.3) is 0 Å². The maximum Gasteiger partial charge on any atom is 0.0766 e. The number of nitrogens with one attached hydrogen (secondary N) is 1. The Morgan fingerprint density at radius 1 is 1.05 bits per heavy atom. The van der Waals surface area contributed by atoms with Crippen LogP contribution in [-0.2, 0) is 0 Å². The number of aryl methyl sites for hydroxylation is 1. The molecule has 0 saturated heterocycles. The molecule has 0 bridgehead atoms. The van der Waals surface area contributed by atoms with Crippen LogP contribution in [0.5, 0.6) is 0 Å². The minimum absolute atomic E-state index is 0.714. The fraction of sp³-hybridized carbons (Fsp3) is 0.0625. The monoisotopic (exact) mass is 268 g/mol. The van der Waals surface area contributed by atoms with E-state index in [9.17, 15) is 0 Å². The van der Waals surface area contributed by atoms with Crippen LogP contribution >= 0.6 is 11.6 Å². The lowest BCUT2D eigenvalue weighted by molar-refractivity contribution is 1.41. The summed E-state index contributed by atoms with van der Waals surface area (Å²) in [6, 6.07) is 16.0. The highest BCUT2D eigenvalue weighted by molar-refractivity contribution is 6.38. The number of H-pyrrole nitrogens is 1. The zero-order valence-electron chi connectivity index (χ0n) is 10.5. The van der Waals surface area contributed by atoms with E-state index >= 15 is 0 Å². The smallest absolute Gasteiger partial charge is 0.0766 e. The third kappa shape index (κ3) is 2.40. The first-order chi connectivity index (χ1) is 9.24. The highest BCUT2D eigenvalue weighted by Crippen LogP contribution is 2.26. The Hall–Kier alpha value is -2.06. The second-order valence-electron chi connectivity index (χ2n) is 4.49. The molecule has 3 rings (SSSR count). The molecule has 0 atom stereocenters. The van der Waals surface area contributed by atoms with Gasteiger partial charge in [-0.2, -0.15) is 0 Å². The number of aromatic amines is 1. The Morgan fingerprint density at radius 2 is 1.79 bits per heavy atom. The highest BCUT2D eigenvalue weighted by atomic mass is 35.5. The first kappa shape index (κ1) is 12.0. The zero-order chi connectivity index (χ0) is 13.2. The Morgan fingerprint density at radius 3 is 2.53 bits per heavy atom. The van der Waals surface area contributed by atoms with Crippen molar-refractivity contribution in [3.05, 3.63) is 64.8 Å². The van der Waals surface area contributed by atoms with Gasteiger partial charge in [-0.15, -0.1) is 0 Å². The number of hydrogen-bond acceptors (Lipinski definition) is 1. The SMILES string of the molecule is Cc1ccc(N=Cc2[nH]c3ccccc3c2Cl)cc1. The van der Waals surface area contributed by atoms with Crippen LogP contribution in [0.4, 0.5) is 5.69 Å². The number of benzene rings is 2. The zero-order valence-corrected chi connectivity index (χ0v) is 11.3. The van der Waals surface area contributed by atoms with Crippen LogP contribution in [0, 0.1) is 6.92 Å². The van der Waals surface area contributed by atoms with E-state index in [1.165, 1.54) is 5.56 Å². The van der Waals surface area contributed by atoms with E-state index in [0.29, 0.717) is 5.02 Å². The van der Waals surface area contributed by atoms with Crippen molar-refractivity contribution in [1.82, 2.24) is 4.98 Å². The molecule has 0 radical (unpaired) electrons. The molecule has 1 heterocycles. The van der Waals surface area contributed by atoms with Gasteiger partial charge in [0.15, 0.2) is 0 Å². The lowest BCUT2D eigenvalue weighted by atomic mass is 10.2. The van der Waals surface area contributed by atoms with Gasteiger partial charge >= 0.3 is 0 Å². The summed E-state index contributed by atoms with van der Waals surface area (Å²) in [5.41, 5.74) is 4.00. The first-order valence-electron chi connectivity index (χ1n) is 6.11. The molecular formula is C16H13ClN2. The van der Waals surface area contributed by atoms with Crippen molar-refractivity contribution in [3.8, 4) is 0 Å². The van der Waals surface area contributed by atoms with Gasteiger partial charge in [-0.25, -0.2) is 0 Å². The summed E-state index contributed by atoms with van der Waals surface area (Å²) in [6.45, 7) is 2.06. The largest absolute Gasteiger partial charge is 0.352 e.